The van der Waals surface area contributed by atoms with Crippen LogP contribution in [0.1, 0.15) is 37.0 Å². The molecular formula is C19H21ClO3. The van der Waals surface area contributed by atoms with Crippen molar-refractivity contribution in [2.24, 2.45) is 0 Å². The Morgan fingerprint density at radius 2 is 1.91 bits per heavy atom. The fourth-order valence-electron chi connectivity index (χ4n) is 2.24. The Balaban J connectivity index is 2.22. The molecule has 2 aromatic carbocycles. The summed E-state index contributed by atoms with van der Waals surface area (Å²) in [6, 6.07) is 11.3. The molecule has 2 rings (SSSR count). The van der Waals surface area contributed by atoms with E-state index in [1.165, 1.54) is 5.56 Å². The van der Waals surface area contributed by atoms with Gasteiger partial charge in [0.05, 0.1) is 10.6 Å². The first-order valence-corrected chi connectivity index (χ1v) is 8.13. The molecule has 0 saturated heterocycles. The number of rotatable bonds is 6. The minimum Gasteiger partial charge on any atom is -0.488 e. The Morgan fingerprint density at radius 1 is 1.13 bits per heavy atom. The van der Waals surface area contributed by atoms with Crippen LogP contribution in [-0.4, -0.2) is 5.97 Å². The summed E-state index contributed by atoms with van der Waals surface area (Å²) in [7, 11) is 0. The third-order valence-electron chi connectivity index (χ3n) is 3.56. The van der Waals surface area contributed by atoms with Gasteiger partial charge in [0.25, 0.3) is 0 Å². The second-order valence-corrected chi connectivity index (χ2v) is 5.70. The maximum atomic E-state index is 11.6. The maximum Gasteiger partial charge on any atom is 0.310 e. The van der Waals surface area contributed by atoms with E-state index in [2.05, 4.69) is 19.9 Å². The van der Waals surface area contributed by atoms with Crippen LogP contribution in [0.4, 0.5) is 0 Å². The zero-order chi connectivity index (χ0) is 16.8. The van der Waals surface area contributed by atoms with Crippen LogP contribution in [0.2, 0.25) is 5.02 Å². The van der Waals surface area contributed by atoms with E-state index in [0.29, 0.717) is 22.8 Å². The van der Waals surface area contributed by atoms with Gasteiger partial charge in [-0.1, -0.05) is 49.2 Å². The summed E-state index contributed by atoms with van der Waals surface area (Å²) in [4.78, 5) is 11.6. The Kier molecular flexibility index (Phi) is 6.05. The lowest BCUT2D eigenvalue weighted by atomic mass is 10.1. The minimum atomic E-state index is -0.293. The summed E-state index contributed by atoms with van der Waals surface area (Å²) < 4.78 is 11.3. The smallest absolute Gasteiger partial charge is 0.310 e. The van der Waals surface area contributed by atoms with Crippen LogP contribution < -0.4 is 9.47 Å². The van der Waals surface area contributed by atoms with Crippen molar-refractivity contribution < 1.29 is 14.3 Å². The number of ether oxygens (including phenoxy) is 2. The van der Waals surface area contributed by atoms with Crippen LogP contribution in [0.25, 0.3) is 0 Å². The van der Waals surface area contributed by atoms with E-state index in [1.54, 1.807) is 25.1 Å². The van der Waals surface area contributed by atoms with Gasteiger partial charge in [-0.15, -0.1) is 0 Å². The Bertz CT molecular complexity index is 695. The van der Waals surface area contributed by atoms with E-state index in [1.807, 2.05) is 12.1 Å². The molecule has 3 nitrogen and oxygen atoms in total. The van der Waals surface area contributed by atoms with Crippen LogP contribution in [0.5, 0.6) is 11.5 Å². The molecule has 0 aliphatic carbocycles. The molecule has 2 aromatic rings. The first-order valence-electron chi connectivity index (χ1n) is 7.75. The van der Waals surface area contributed by atoms with Crippen LogP contribution in [0, 0.1) is 6.92 Å². The second-order valence-electron chi connectivity index (χ2n) is 5.30. The Morgan fingerprint density at radius 3 is 2.61 bits per heavy atom. The standard InChI is InChI=1S/C19H21ClO3/c1-4-14-11-13(3)9-10-17(14)22-12-15-16(20)7-6-8-18(15)23-19(21)5-2/h6-11H,4-5,12H2,1-3H3. The molecule has 0 saturated carbocycles. The van der Waals surface area contributed by atoms with Gasteiger partial charge in [0.1, 0.15) is 18.1 Å². The van der Waals surface area contributed by atoms with Gasteiger partial charge in [-0.3, -0.25) is 4.79 Å². The van der Waals surface area contributed by atoms with Crippen LogP contribution in [0.3, 0.4) is 0 Å². The lowest BCUT2D eigenvalue weighted by Gasteiger charge is -2.15. The maximum absolute atomic E-state index is 11.6. The molecule has 0 aromatic heterocycles. The summed E-state index contributed by atoms with van der Waals surface area (Å²) in [6.07, 6.45) is 1.20. The van der Waals surface area contributed by atoms with Crippen molar-refractivity contribution in [2.75, 3.05) is 0 Å². The molecule has 0 bridgehead atoms. The number of carbonyl (C=O) groups is 1. The highest BCUT2D eigenvalue weighted by atomic mass is 35.5. The van der Waals surface area contributed by atoms with E-state index in [9.17, 15) is 4.79 Å². The molecule has 0 radical (unpaired) electrons. The number of halogens is 1. The number of aryl methyl sites for hydroxylation is 2. The van der Waals surface area contributed by atoms with Gasteiger partial charge in [0, 0.05) is 6.42 Å². The highest BCUT2D eigenvalue weighted by Crippen LogP contribution is 2.29. The van der Waals surface area contributed by atoms with E-state index >= 15 is 0 Å². The van der Waals surface area contributed by atoms with Crippen molar-refractivity contribution in [1.29, 1.82) is 0 Å². The molecule has 23 heavy (non-hydrogen) atoms. The van der Waals surface area contributed by atoms with Crippen LogP contribution >= 0.6 is 11.6 Å². The highest BCUT2D eigenvalue weighted by molar-refractivity contribution is 6.31. The SMILES string of the molecule is CCC(=O)Oc1cccc(Cl)c1COc1ccc(C)cc1CC. The first kappa shape index (κ1) is 17.4. The molecule has 0 fully saturated rings. The fraction of sp³-hybridized carbons (Fsp3) is 0.316. The lowest BCUT2D eigenvalue weighted by molar-refractivity contribution is -0.134. The molecule has 122 valence electrons. The predicted molar refractivity (Wildman–Crippen MR) is 92.3 cm³/mol. The summed E-state index contributed by atoms with van der Waals surface area (Å²) in [5, 5.41) is 0.525. The zero-order valence-corrected chi connectivity index (χ0v) is 14.4. The van der Waals surface area contributed by atoms with Crippen LogP contribution in [-0.2, 0) is 17.8 Å². The van der Waals surface area contributed by atoms with Crippen molar-refractivity contribution in [3.63, 3.8) is 0 Å². The van der Waals surface area contributed by atoms with Gasteiger partial charge in [-0.25, -0.2) is 0 Å². The average Bonchev–Trinajstić information content (AvgIpc) is 2.55. The molecule has 0 N–H and O–H groups in total. The van der Waals surface area contributed by atoms with E-state index < -0.39 is 0 Å². The monoisotopic (exact) mass is 332 g/mol. The predicted octanol–water partition coefficient (Wildman–Crippen LogP) is 5.11. The lowest BCUT2D eigenvalue weighted by Crippen LogP contribution is -2.09. The molecule has 0 aliphatic rings. The Labute approximate surface area is 142 Å². The number of hydrogen-bond acceptors (Lipinski definition) is 3. The minimum absolute atomic E-state index is 0.252. The molecule has 0 aliphatic heterocycles. The number of benzene rings is 2. The van der Waals surface area contributed by atoms with E-state index in [-0.39, 0.29) is 12.6 Å². The quantitative estimate of drug-likeness (QED) is 0.545. The van der Waals surface area contributed by atoms with Crippen molar-refractivity contribution in [1.82, 2.24) is 0 Å². The first-order chi connectivity index (χ1) is 11.0. The molecule has 4 heteroatoms. The van der Waals surface area contributed by atoms with Gasteiger partial charge >= 0.3 is 5.97 Å². The number of hydrogen-bond donors (Lipinski definition) is 0. The van der Waals surface area contributed by atoms with Crippen LogP contribution in [0.15, 0.2) is 36.4 Å². The third-order valence-corrected chi connectivity index (χ3v) is 3.91. The largest absolute Gasteiger partial charge is 0.488 e. The fourth-order valence-corrected chi connectivity index (χ4v) is 2.47. The van der Waals surface area contributed by atoms with Gasteiger partial charge in [-0.2, -0.15) is 0 Å². The molecule has 0 atom stereocenters. The number of carbonyl (C=O) groups excluding carboxylic acids is 1. The van der Waals surface area contributed by atoms with Gasteiger partial charge in [0.15, 0.2) is 0 Å². The van der Waals surface area contributed by atoms with Gasteiger partial charge in [-0.05, 0) is 37.1 Å². The van der Waals surface area contributed by atoms with Gasteiger partial charge in [0.2, 0.25) is 0 Å². The van der Waals surface area contributed by atoms with E-state index in [4.69, 9.17) is 21.1 Å². The average molecular weight is 333 g/mol. The van der Waals surface area contributed by atoms with Crippen molar-refractivity contribution in [3.05, 3.63) is 58.1 Å². The topological polar surface area (TPSA) is 35.5 Å². The van der Waals surface area contributed by atoms with E-state index in [0.717, 1.165) is 17.7 Å². The molecule has 0 spiro atoms. The summed E-state index contributed by atoms with van der Waals surface area (Å²) in [5.41, 5.74) is 3.02. The summed E-state index contributed by atoms with van der Waals surface area (Å²) in [5.74, 6) is 0.985. The van der Waals surface area contributed by atoms with Crippen molar-refractivity contribution in [2.45, 2.75) is 40.2 Å². The summed E-state index contributed by atoms with van der Waals surface area (Å²) >= 11 is 6.25. The molecular weight excluding hydrogens is 312 g/mol. The van der Waals surface area contributed by atoms with Crippen molar-refractivity contribution in [3.8, 4) is 11.5 Å². The normalized spacial score (nSPS) is 10.4. The third kappa shape index (κ3) is 4.49. The molecule has 0 heterocycles. The molecule has 0 unspecified atom stereocenters. The number of esters is 1. The van der Waals surface area contributed by atoms with Crippen molar-refractivity contribution >= 4 is 17.6 Å². The Hall–Kier alpha value is -2.00. The highest BCUT2D eigenvalue weighted by Gasteiger charge is 2.13. The van der Waals surface area contributed by atoms with Gasteiger partial charge < -0.3 is 9.47 Å². The second kappa shape index (κ2) is 8.02. The summed E-state index contributed by atoms with van der Waals surface area (Å²) in [6.45, 7) is 6.15. The zero-order valence-electron chi connectivity index (χ0n) is 13.7. The molecule has 0 amide bonds.